The van der Waals surface area contributed by atoms with Gasteiger partial charge in [-0.15, -0.1) is 0 Å². The van der Waals surface area contributed by atoms with Gasteiger partial charge >= 0.3 is 5.69 Å². The van der Waals surface area contributed by atoms with E-state index in [1.54, 1.807) is 12.0 Å². The zero-order valence-electron chi connectivity index (χ0n) is 11.9. The maximum atomic E-state index is 13.9. The number of nitrogens with zero attached hydrogens (tertiary/aromatic N) is 2. The van der Waals surface area contributed by atoms with Gasteiger partial charge in [0.15, 0.2) is 0 Å². The van der Waals surface area contributed by atoms with Crippen molar-refractivity contribution >= 4 is 11.4 Å². The van der Waals surface area contributed by atoms with Crippen molar-refractivity contribution in [2.75, 3.05) is 45.4 Å². The van der Waals surface area contributed by atoms with E-state index >= 15 is 0 Å². The molecule has 0 saturated carbocycles. The van der Waals surface area contributed by atoms with E-state index in [0.29, 0.717) is 26.3 Å². The first-order chi connectivity index (χ1) is 10.1. The number of rotatable bonds is 5. The zero-order chi connectivity index (χ0) is 15.4. The Balaban J connectivity index is 2.36. The fraction of sp³-hybridized carbons (Fsp3) is 0.538. The van der Waals surface area contributed by atoms with Crippen LogP contribution in [0.5, 0.6) is 5.75 Å². The minimum Gasteiger partial charge on any atom is -0.497 e. The smallest absolute Gasteiger partial charge is 0.328 e. The van der Waals surface area contributed by atoms with Crippen molar-refractivity contribution < 1.29 is 23.5 Å². The largest absolute Gasteiger partial charge is 0.497 e. The highest BCUT2D eigenvalue weighted by atomic mass is 19.1. The molecule has 0 N–H and O–H groups in total. The first kappa shape index (κ1) is 15.5. The Morgan fingerprint density at radius 1 is 1.52 bits per heavy atom. The molecular weight excluding hydrogens is 283 g/mol. The average molecular weight is 300 g/mol. The summed E-state index contributed by atoms with van der Waals surface area (Å²) in [6, 6.07) is 2.48. The molecule has 1 fully saturated rings. The van der Waals surface area contributed by atoms with E-state index in [9.17, 15) is 14.5 Å². The molecule has 2 rings (SSSR count). The van der Waals surface area contributed by atoms with E-state index in [0.717, 1.165) is 6.07 Å². The zero-order valence-corrected chi connectivity index (χ0v) is 11.9. The van der Waals surface area contributed by atoms with E-state index in [1.807, 2.05) is 0 Å². The highest BCUT2D eigenvalue weighted by molar-refractivity contribution is 5.67. The lowest BCUT2D eigenvalue weighted by Crippen LogP contribution is -2.44. The van der Waals surface area contributed by atoms with Gasteiger partial charge < -0.3 is 19.1 Å². The molecule has 0 spiro atoms. The number of benzene rings is 1. The summed E-state index contributed by atoms with van der Waals surface area (Å²) in [7, 11) is 2.94. The summed E-state index contributed by atoms with van der Waals surface area (Å²) in [5.74, 6) is -0.674. The predicted molar refractivity (Wildman–Crippen MR) is 73.4 cm³/mol. The molecule has 1 aromatic rings. The van der Waals surface area contributed by atoms with Gasteiger partial charge in [0.2, 0.25) is 5.82 Å². The van der Waals surface area contributed by atoms with Crippen molar-refractivity contribution in [3.8, 4) is 5.75 Å². The van der Waals surface area contributed by atoms with Crippen molar-refractivity contribution in [2.24, 2.45) is 0 Å². The number of anilines is 1. The molecule has 1 saturated heterocycles. The van der Waals surface area contributed by atoms with Gasteiger partial charge in [-0.2, -0.15) is 4.39 Å². The second kappa shape index (κ2) is 6.68. The lowest BCUT2D eigenvalue weighted by Gasteiger charge is -2.34. The van der Waals surface area contributed by atoms with Crippen molar-refractivity contribution in [2.45, 2.75) is 6.10 Å². The lowest BCUT2D eigenvalue weighted by molar-refractivity contribution is -0.386. The third-order valence-electron chi connectivity index (χ3n) is 3.27. The summed E-state index contributed by atoms with van der Waals surface area (Å²) in [5, 5.41) is 11.1. The molecular formula is C13H17FN2O5. The number of nitro groups is 1. The summed E-state index contributed by atoms with van der Waals surface area (Å²) in [6.45, 7) is 1.59. The maximum absolute atomic E-state index is 13.9. The Morgan fingerprint density at radius 2 is 2.29 bits per heavy atom. The molecule has 1 aliphatic heterocycles. The van der Waals surface area contributed by atoms with Crippen LogP contribution in [0.25, 0.3) is 0 Å². The second-order valence-electron chi connectivity index (χ2n) is 4.63. The standard InChI is InChI=1S/C13H17FN2O5/c1-19-8-10-7-15(3-4-21-10)12-6-9(20-2)5-11(14)13(12)16(17)18/h5-6,10H,3-4,7-8H2,1-2H3. The quantitative estimate of drug-likeness (QED) is 0.607. The first-order valence-electron chi connectivity index (χ1n) is 6.44. The molecule has 0 amide bonds. The number of halogens is 1. The second-order valence-corrected chi connectivity index (χ2v) is 4.63. The first-order valence-corrected chi connectivity index (χ1v) is 6.44. The molecule has 0 aliphatic carbocycles. The van der Waals surface area contributed by atoms with Crippen LogP contribution >= 0.6 is 0 Å². The van der Waals surface area contributed by atoms with Gasteiger partial charge in [0.05, 0.1) is 31.4 Å². The Bertz CT molecular complexity index is 524. The highest BCUT2D eigenvalue weighted by Crippen LogP contribution is 2.35. The van der Waals surface area contributed by atoms with Crippen LogP contribution in [0.4, 0.5) is 15.8 Å². The van der Waals surface area contributed by atoms with E-state index in [2.05, 4.69) is 0 Å². The Kier molecular flexibility index (Phi) is 4.92. The average Bonchev–Trinajstić information content (AvgIpc) is 2.46. The third-order valence-corrected chi connectivity index (χ3v) is 3.27. The van der Waals surface area contributed by atoms with Crippen LogP contribution in [0.2, 0.25) is 0 Å². The van der Waals surface area contributed by atoms with Gasteiger partial charge in [0.1, 0.15) is 11.4 Å². The van der Waals surface area contributed by atoms with E-state index in [1.165, 1.54) is 13.2 Å². The molecule has 7 nitrogen and oxygen atoms in total. The number of hydrogen-bond donors (Lipinski definition) is 0. The molecule has 21 heavy (non-hydrogen) atoms. The molecule has 1 aromatic carbocycles. The van der Waals surface area contributed by atoms with Gasteiger partial charge in [0, 0.05) is 32.3 Å². The van der Waals surface area contributed by atoms with Gasteiger partial charge in [-0.3, -0.25) is 10.1 Å². The van der Waals surface area contributed by atoms with Crippen LogP contribution in [0.1, 0.15) is 0 Å². The van der Waals surface area contributed by atoms with Crippen LogP contribution in [0.3, 0.4) is 0 Å². The molecule has 1 atom stereocenters. The minimum absolute atomic E-state index is 0.196. The summed E-state index contributed by atoms with van der Waals surface area (Å²) in [4.78, 5) is 12.1. The fourth-order valence-corrected chi connectivity index (χ4v) is 2.32. The summed E-state index contributed by atoms with van der Waals surface area (Å²) in [5.41, 5.74) is -0.352. The van der Waals surface area contributed by atoms with E-state index < -0.39 is 16.4 Å². The topological polar surface area (TPSA) is 74.1 Å². The Morgan fingerprint density at radius 3 is 2.90 bits per heavy atom. The number of morpholine rings is 1. The normalized spacial score (nSPS) is 18.6. The number of methoxy groups -OCH3 is 2. The van der Waals surface area contributed by atoms with Crippen LogP contribution < -0.4 is 9.64 Å². The van der Waals surface area contributed by atoms with Crippen molar-refractivity contribution in [3.05, 3.63) is 28.1 Å². The predicted octanol–water partition coefficient (Wildman–Crippen LogP) is 1.59. The monoisotopic (exact) mass is 300 g/mol. The number of nitro benzene ring substituents is 1. The third kappa shape index (κ3) is 3.40. The molecule has 1 aliphatic rings. The Hall–Kier alpha value is -1.93. The fourth-order valence-electron chi connectivity index (χ4n) is 2.32. The summed E-state index contributed by atoms with van der Waals surface area (Å²) < 4.78 is 29.5. The number of ether oxygens (including phenoxy) is 3. The molecule has 0 radical (unpaired) electrons. The molecule has 0 aromatic heterocycles. The molecule has 8 heteroatoms. The SMILES string of the molecule is COCC1CN(c2cc(OC)cc(F)c2[N+](=O)[O-])CCO1. The highest BCUT2D eigenvalue weighted by Gasteiger charge is 2.29. The minimum atomic E-state index is -0.913. The van der Waals surface area contributed by atoms with Gasteiger partial charge in [-0.05, 0) is 0 Å². The molecule has 1 unspecified atom stereocenters. The summed E-state index contributed by atoms with van der Waals surface area (Å²) >= 11 is 0. The van der Waals surface area contributed by atoms with Gasteiger partial charge in [-0.1, -0.05) is 0 Å². The van der Waals surface area contributed by atoms with Crippen molar-refractivity contribution in [1.82, 2.24) is 0 Å². The lowest BCUT2D eigenvalue weighted by atomic mass is 10.2. The maximum Gasteiger partial charge on any atom is 0.328 e. The van der Waals surface area contributed by atoms with Gasteiger partial charge in [0.25, 0.3) is 0 Å². The van der Waals surface area contributed by atoms with Crippen LogP contribution in [-0.4, -0.2) is 51.6 Å². The summed E-state index contributed by atoms with van der Waals surface area (Å²) in [6.07, 6.45) is -0.211. The molecule has 1 heterocycles. The van der Waals surface area contributed by atoms with Crippen molar-refractivity contribution in [1.29, 1.82) is 0 Å². The van der Waals surface area contributed by atoms with Crippen LogP contribution in [0, 0.1) is 15.9 Å². The molecule has 116 valence electrons. The van der Waals surface area contributed by atoms with E-state index in [-0.39, 0.29) is 17.5 Å². The van der Waals surface area contributed by atoms with Crippen molar-refractivity contribution in [3.63, 3.8) is 0 Å². The van der Waals surface area contributed by atoms with Crippen LogP contribution in [0.15, 0.2) is 12.1 Å². The molecule has 0 bridgehead atoms. The van der Waals surface area contributed by atoms with E-state index in [4.69, 9.17) is 14.2 Å². The Labute approximate surface area is 121 Å². The van der Waals surface area contributed by atoms with Gasteiger partial charge in [-0.25, -0.2) is 0 Å². The number of hydrogen-bond acceptors (Lipinski definition) is 6. The van der Waals surface area contributed by atoms with Crippen LogP contribution in [-0.2, 0) is 9.47 Å².